The molecule has 0 saturated heterocycles. The normalized spacial score (nSPS) is 11.2. The number of benzene rings is 1. The highest BCUT2D eigenvalue weighted by Gasteiger charge is 2.20. The molecule has 0 fully saturated rings. The number of nitrogens with zero attached hydrogens (tertiary/aromatic N) is 2. The molecule has 0 spiro atoms. The summed E-state index contributed by atoms with van der Waals surface area (Å²) in [6, 6.07) is 6.24. The Morgan fingerprint density at radius 2 is 2.05 bits per heavy atom. The summed E-state index contributed by atoms with van der Waals surface area (Å²) in [5.74, 6) is 0. The van der Waals surface area contributed by atoms with Crippen molar-refractivity contribution < 1.29 is 13.3 Å². The van der Waals surface area contributed by atoms with Gasteiger partial charge in [-0.2, -0.15) is 0 Å². The fourth-order valence-corrected chi connectivity index (χ4v) is 4.11. The van der Waals surface area contributed by atoms with Crippen molar-refractivity contribution in [1.82, 2.24) is 4.98 Å². The molecule has 0 atom stereocenters. The van der Waals surface area contributed by atoms with E-state index in [0.29, 0.717) is 15.8 Å². The van der Waals surface area contributed by atoms with Crippen molar-refractivity contribution in [3.63, 3.8) is 0 Å². The summed E-state index contributed by atoms with van der Waals surface area (Å²) in [6.07, 6.45) is 1.00. The molecule has 0 aliphatic carbocycles. The Hall–Kier alpha value is -1.52. The first-order valence-electron chi connectivity index (χ1n) is 4.78. The highest BCUT2D eigenvalue weighted by Crippen LogP contribution is 2.28. The number of hydrogen-bond acceptors (Lipinski definition) is 6. The van der Waals surface area contributed by atoms with Gasteiger partial charge in [0.1, 0.15) is 11.1 Å². The van der Waals surface area contributed by atoms with Gasteiger partial charge in [0.2, 0.25) is 5.13 Å². The third-order valence-corrected chi connectivity index (χ3v) is 5.37. The lowest BCUT2D eigenvalue weighted by Crippen LogP contribution is -2.13. The first-order chi connectivity index (χ1) is 8.90. The lowest BCUT2D eigenvalue weighted by Gasteiger charge is -2.06. The molecule has 0 saturated carbocycles. The van der Waals surface area contributed by atoms with Gasteiger partial charge in [-0.05, 0) is 39.4 Å². The maximum absolute atomic E-state index is 12.1. The van der Waals surface area contributed by atoms with Crippen molar-refractivity contribution in [2.24, 2.45) is 0 Å². The number of sulfonamides is 1. The average Bonchev–Trinajstić information content (AvgIpc) is 2.77. The Bertz CT molecular complexity index is 729. The third kappa shape index (κ3) is 3.08. The quantitative estimate of drug-likeness (QED) is 0.664. The summed E-state index contributed by atoms with van der Waals surface area (Å²) in [4.78, 5) is 13.5. The molecule has 19 heavy (non-hydrogen) atoms. The topological polar surface area (TPSA) is 102 Å². The molecule has 0 aliphatic heterocycles. The lowest BCUT2D eigenvalue weighted by molar-refractivity contribution is -0.380. The molecule has 10 heteroatoms. The van der Waals surface area contributed by atoms with Crippen molar-refractivity contribution in [3.8, 4) is 0 Å². The smallest absolute Gasteiger partial charge is 0.257 e. The van der Waals surface area contributed by atoms with E-state index in [1.165, 1.54) is 6.07 Å². The van der Waals surface area contributed by atoms with Crippen molar-refractivity contribution in [2.75, 3.05) is 4.72 Å². The van der Waals surface area contributed by atoms with E-state index in [2.05, 4.69) is 25.6 Å². The van der Waals surface area contributed by atoms with Crippen LogP contribution in [0, 0.1) is 10.1 Å². The Labute approximate surface area is 120 Å². The van der Waals surface area contributed by atoms with E-state index >= 15 is 0 Å². The van der Waals surface area contributed by atoms with Crippen molar-refractivity contribution >= 4 is 47.4 Å². The second-order valence-corrected chi connectivity index (χ2v) is 6.81. The maximum atomic E-state index is 12.1. The van der Waals surface area contributed by atoms with Crippen LogP contribution in [-0.2, 0) is 10.0 Å². The molecule has 100 valence electrons. The van der Waals surface area contributed by atoms with Crippen LogP contribution in [0.25, 0.3) is 0 Å². The molecule has 1 aromatic carbocycles. The van der Waals surface area contributed by atoms with Crippen LogP contribution >= 0.6 is 27.3 Å². The van der Waals surface area contributed by atoms with Crippen LogP contribution < -0.4 is 4.72 Å². The van der Waals surface area contributed by atoms with Crippen LogP contribution in [0.1, 0.15) is 0 Å². The molecular weight excluding hydrogens is 358 g/mol. The zero-order chi connectivity index (χ0) is 14.0. The molecule has 7 nitrogen and oxygen atoms in total. The SMILES string of the molecule is O=[N+]([O-])c1cnc(NS(=O)(=O)c2ccccc2Br)s1. The molecule has 0 aliphatic rings. The summed E-state index contributed by atoms with van der Waals surface area (Å²) in [5, 5.41) is 10.2. The predicted molar refractivity (Wildman–Crippen MR) is 73.7 cm³/mol. The molecule has 1 N–H and O–H groups in total. The molecule has 2 rings (SSSR count). The van der Waals surface area contributed by atoms with Crippen LogP contribution in [-0.4, -0.2) is 18.3 Å². The molecule has 0 amide bonds. The molecule has 1 heterocycles. The fourth-order valence-electron chi connectivity index (χ4n) is 1.23. The van der Waals surface area contributed by atoms with Crippen LogP contribution in [0.5, 0.6) is 0 Å². The zero-order valence-electron chi connectivity index (χ0n) is 9.11. The number of anilines is 1. The van der Waals surface area contributed by atoms with E-state index in [-0.39, 0.29) is 15.0 Å². The number of hydrogen-bond donors (Lipinski definition) is 1. The summed E-state index contributed by atoms with van der Waals surface area (Å²) < 4.78 is 26.7. The summed E-state index contributed by atoms with van der Waals surface area (Å²) in [7, 11) is -3.83. The minimum Gasteiger partial charge on any atom is -0.257 e. The molecular formula is C9H6BrN3O4S2. The zero-order valence-corrected chi connectivity index (χ0v) is 12.3. The van der Waals surface area contributed by atoms with Crippen molar-refractivity contribution in [3.05, 3.63) is 45.0 Å². The van der Waals surface area contributed by atoms with Gasteiger partial charge in [0.25, 0.3) is 10.0 Å². The van der Waals surface area contributed by atoms with Crippen LogP contribution in [0.15, 0.2) is 39.8 Å². The van der Waals surface area contributed by atoms with Gasteiger partial charge in [0.05, 0.1) is 4.92 Å². The molecule has 0 radical (unpaired) electrons. The Morgan fingerprint density at radius 1 is 1.37 bits per heavy atom. The second kappa shape index (κ2) is 5.23. The van der Waals surface area contributed by atoms with Crippen molar-refractivity contribution in [2.45, 2.75) is 4.90 Å². The number of halogens is 1. The molecule has 2 aromatic rings. The van der Waals surface area contributed by atoms with E-state index in [1.807, 2.05) is 0 Å². The van der Waals surface area contributed by atoms with Gasteiger partial charge in [0, 0.05) is 4.47 Å². The Morgan fingerprint density at radius 3 is 2.63 bits per heavy atom. The highest BCUT2D eigenvalue weighted by molar-refractivity contribution is 9.10. The van der Waals surface area contributed by atoms with E-state index in [0.717, 1.165) is 6.20 Å². The lowest BCUT2D eigenvalue weighted by atomic mass is 10.4. The monoisotopic (exact) mass is 363 g/mol. The van der Waals surface area contributed by atoms with Crippen molar-refractivity contribution in [1.29, 1.82) is 0 Å². The second-order valence-electron chi connectivity index (χ2n) is 3.30. The predicted octanol–water partition coefficient (Wildman–Crippen LogP) is 2.61. The van der Waals surface area contributed by atoms with Crippen LogP contribution in [0.4, 0.5) is 10.1 Å². The third-order valence-electron chi connectivity index (χ3n) is 2.02. The largest absolute Gasteiger partial charge is 0.345 e. The van der Waals surface area contributed by atoms with Gasteiger partial charge in [0.15, 0.2) is 0 Å². The number of rotatable bonds is 4. The number of thiazole rings is 1. The van der Waals surface area contributed by atoms with Gasteiger partial charge in [-0.1, -0.05) is 12.1 Å². The van der Waals surface area contributed by atoms with Crippen LogP contribution in [0.2, 0.25) is 0 Å². The van der Waals surface area contributed by atoms with E-state index in [4.69, 9.17) is 0 Å². The number of aromatic nitrogens is 1. The van der Waals surface area contributed by atoms with E-state index in [1.54, 1.807) is 18.2 Å². The summed E-state index contributed by atoms with van der Waals surface area (Å²) >= 11 is 3.78. The van der Waals surface area contributed by atoms with Gasteiger partial charge in [-0.3, -0.25) is 14.8 Å². The molecule has 0 bridgehead atoms. The molecule has 1 aromatic heterocycles. The number of nitrogens with one attached hydrogen (secondary N) is 1. The number of nitro groups is 1. The highest BCUT2D eigenvalue weighted by atomic mass is 79.9. The minimum atomic E-state index is -3.83. The standard InChI is InChI=1S/C9H6BrN3O4S2/c10-6-3-1-2-4-7(6)19(16,17)12-9-11-5-8(18-9)13(14)15/h1-5H,(H,11,12). The summed E-state index contributed by atoms with van der Waals surface area (Å²) in [6.45, 7) is 0. The minimum absolute atomic E-state index is 0.0350. The maximum Gasteiger partial charge on any atom is 0.345 e. The Kier molecular flexibility index (Phi) is 3.83. The van der Waals surface area contributed by atoms with Crippen LogP contribution in [0.3, 0.4) is 0 Å². The summed E-state index contributed by atoms with van der Waals surface area (Å²) in [5.41, 5.74) is 0. The Balaban J connectivity index is 2.31. The van der Waals surface area contributed by atoms with Gasteiger partial charge < -0.3 is 0 Å². The first-order valence-corrected chi connectivity index (χ1v) is 7.87. The van der Waals surface area contributed by atoms with Gasteiger partial charge >= 0.3 is 5.00 Å². The van der Waals surface area contributed by atoms with Gasteiger partial charge in [-0.25, -0.2) is 13.4 Å². The van der Waals surface area contributed by atoms with Gasteiger partial charge in [-0.15, -0.1) is 0 Å². The molecule has 0 unspecified atom stereocenters. The average molecular weight is 364 g/mol. The first kappa shape index (κ1) is 13.9. The fraction of sp³-hybridized carbons (Fsp3) is 0. The van der Waals surface area contributed by atoms with E-state index < -0.39 is 14.9 Å². The van der Waals surface area contributed by atoms with E-state index in [9.17, 15) is 18.5 Å².